The highest BCUT2D eigenvalue weighted by atomic mass is 16.4. The maximum atomic E-state index is 11.1. The van der Waals surface area contributed by atoms with Crippen LogP contribution >= 0.6 is 0 Å². The number of amides is 1. The first-order valence-corrected chi connectivity index (χ1v) is 9.76. The molecule has 2 aliphatic heterocycles. The van der Waals surface area contributed by atoms with Crippen LogP contribution in [0.25, 0.3) is 0 Å². The quantitative estimate of drug-likeness (QED) is 0.750. The van der Waals surface area contributed by atoms with Crippen LogP contribution in [0.15, 0.2) is 30.3 Å². The van der Waals surface area contributed by atoms with Crippen molar-refractivity contribution in [3.8, 4) is 0 Å². The van der Waals surface area contributed by atoms with E-state index in [0.29, 0.717) is 25.7 Å². The lowest BCUT2D eigenvalue weighted by Crippen LogP contribution is -2.58. The van der Waals surface area contributed by atoms with Crippen LogP contribution < -0.4 is 11.1 Å². The predicted octanol–water partition coefficient (Wildman–Crippen LogP) is 2.27. The summed E-state index contributed by atoms with van der Waals surface area (Å²) >= 11 is 0. The second kappa shape index (κ2) is 8.37. The smallest absolute Gasteiger partial charge is 0.407 e. The second-order valence-corrected chi connectivity index (χ2v) is 7.89. The second-order valence-electron chi connectivity index (χ2n) is 7.89. The molecule has 1 amide bonds. The summed E-state index contributed by atoms with van der Waals surface area (Å²) < 4.78 is 0. The largest absolute Gasteiger partial charge is 0.465 e. The van der Waals surface area contributed by atoms with E-state index < -0.39 is 6.09 Å². The van der Waals surface area contributed by atoms with E-state index in [0.717, 1.165) is 38.8 Å². The van der Waals surface area contributed by atoms with Crippen molar-refractivity contribution in [3.05, 3.63) is 35.9 Å². The van der Waals surface area contributed by atoms with Gasteiger partial charge >= 0.3 is 6.09 Å². The first-order valence-electron chi connectivity index (χ1n) is 9.76. The number of piperidine rings is 2. The third-order valence-electron chi connectivity index (χ3n) is 6.24. The normalized spacial score (nSPS) is 22.9. The zero-order valence-electron chi connectivity index (χ0n) is 15.7. The molecule has 6 nitrogen and oxygen atoms in total. The van der Waals surface area contributed by atoms with Crippen LogP contribution in [-0.2, 0) is 0 Å². The molecule has 2 aliphatic rings. The summed E-state index contributed by atoms with van der Waals surface area (Å²) in [6.45, 7) is 6.32. The lowest BCUT2D eigenvalue weighted by atomic mass is 9.85. The van der Waals surface area contributed by atoms with Gasteiger partial charge in [0, 0.05) is 50.3 Å². The van der Waals surface area contributed by atoms with Gasteiger partial charge in [0.1, 0.15) is 0 Å². The molecule has 26 heavy (non-hydrogen) atoms. The minimum atomic E-state index is -0.788. The topological polar surface area (TPSA) is 81.8 Å². The molecule has 0 aliphatic carbocycles. The Bertz CT molecular complexity index is 579. The van der Waals surface area contributed by atoms with E-state index in [1.807, 2.05) is 6.07 Å². The molecule has 0 spiro atoms. The SMILES string of the molecule is CC1(N2CCC(N[C@@H](CN)c3ccccc3)CC2)CCN(C(=O)O)CC1. The molecular formula is C20H32N4O2. The summed E-state index contributed by atoms with van der Waals surface area (Å²) in [6, 6.07) is 11.1. The monoisotopic (exact) mass is 360 g/mol. The maximum absolute atomic E-state index is 11.1. The summed E-state index contributed by atoms with van der Waals surface area (Å²) in [7, 11) is 0. The van der Waals surface area contributed by atoms with E-state index in [2.05, 4.69) is 41.4 Å². The predicted molar refractivity (Wildman–Crippen MR) is 103 cm³/mol. The van der Waals surface area contributed by atoms with Gasteiger partial charge in [0.2, 0.25) is 0 Å². The highest BCUT2D eigenvalue weighted by molar-refractivity contribution is 5.65. The Labute approximate surface area is 156 Å². The minimum absolute atomic E-state index is 0.129. The molecule has 2 saturated heterocycles. The Morgan fingerprint density at radius 2 is 1.85 bits per heavy atom. The van der Waals surface area contributed by atoms with Crippen LogP contribution in [0.1, 0.15) is 44.2 Å². The fourth-order valence-electron chi connectivity index (χ4n) is 4.35. The van der Waals surface area contributed by atoms with Gasteiger partial charge in [-0.3, -0.25) is 4.90 Å². The molecule has 0 unspecified atom stereocenters. The van der Waals surface area contributed by atoms with Gasteiger partial charge in [-0.15, -0.1) is 0 Å². The number of hydrogen-bond acceptors (Lipinski definition) is 4. The Balaban J connectivity index is 1.50. The highest BCUT2D eigenvalue weighted by Gasteiger charge is 2.38. The van der Waals surface area contributed by atoms with Crippen molar-refractivity contribution in [2.24, 2.45) is 5.73 Å². The number of nitrogens with one attached hydrogen (secondary N) is 1. The van der Waals surface area contributed by atoms with Gasteiger partial charge in [0.25, 0.3) is 0 Å². The number of rotatable bonds is 5. The van der Waals surface area contributed by atoms with Crippen molar-refractivity contribution in [1.29, 1.82) is 0 Å². The zero-order valence-corrected chi connectivity index (χ0v) is 15.7. The van der Waals surface area contributed by atoms with Gasteiger partial charge in [0.15, 0.2) is 0 Å². The highest BCUT2D eigenvalue weighted by Crippen LogP contribution is 2.31. The van der Waals surface area contributed by atoms with Crippen LogP contribution in [0.2, 0.25) is 0 Å². The summed E-state index contributed by atoms with van der Waals surface area (Å²) in [4.78, 5) is 15.2. The average molecular weight is 361 g/mol. The number of hydrogen-bond donors (Lipinski definition) is 3. The van der Waals surface area contributed by atoms with E-state index in [1.54, 1.807) is 4.90 Å². The molecule has 144 valence electrons. The number of nitrogens with zero attached hydrogens (tertiary/aromatic N) is 2. The van der Waals surface area contributed by atoms with Crippen LogP contribution in [0.3, 0.4) is 0 Å². The molecule has 1 aromatic rings. The van der Waals surface area contributed by atoms with Gasteiger partial charge < -0.3 is 21.1 Å². The summed E-state index contributed by atoms with van der Waals surface area (Å²) in [6.07, 6.45) is 3.28. The van der Waals surface area contributed by atoms with Gasteiger partial charge in [-0.2, -0.15) is 0 Å². The Kier molecular flexibility index (Phi) is 6.16. The standard InChI is InChI=1S/C20H32N4O2/c1-20(9-13-23(14-10-20)19(25)26)24-11-7-17(8-12-24)22-18(15-21)16-5-3-2-4-6-16/h2-6,17-18,22H,7-15,21H2,1H3,(H,25,26)/t18-/m0/s1. The van der Waals surface area contributed by atoms with E-state index in [-0.39, 0.29) is 11.6 Å². The molecule has 4 N–H and O–H groups in total. The molecule has 1 aromatic carbocycles. The molecular weight excluding hydrogens is 328 g/mol. The first-order chi connectivity index (χ1) is 12.5. The number of benzene rings is 1. The summed E-state index contributed by atoms with van der Waals surface area (Å²) in [5.74, 6) is 0. The Morgan fingerprint density at radius 3 is 2.38 bits per heavy atom. The van der Waals surface area contributed by atoms with Crippen LogP contribution in [0, 0.1) is 0 Å². The lowest BCUT2D eigenvalue weighted by Gasteiger charge is -2.49. The van der Waals surface area contributed by atoms with E-state index >= 15 is 0 Å². The summed E-state index contributed by atoms with van der Waals surface area (Å²) in [5, 5.41) is 12.9. The fraction of sp³-hybridized carbons (Fsp3) is 0.650. The van der Waals surface area contributed by atoms with Crippen molar-refractivity contribution in [1.82, 2.24) is 15.1 Å². The lowest BCUT2D eigenvalue weighted by molar-refractivity contribution is 0.0171. The average Bonchev–Trinajstić information content (AvgIpc) is 2.67. The van der Waals surface area contributed by atoms with Crippen LogP contribution in [0.4, 0.5) is 4.79 Å². The minimum Gasteiger partial charge on any atom is -0.465 e. The van der Waals surface area contributed by atoms with Crippen molar-refractivity contribution < 1.29 is 9.90 Å². The van der Waals surface area contributed by atoms with Crippen molar-refractivity contribution >= 4 is 6.09 Å². The molecule has 2 fully saturated rings. The van der Waals surface area contributed by atoms with Gasteiger partial charge in [0.05, 0.1) is 0 Å². The molecule has 0 radical (unpaired) electrons. The van der Waals surface area contributed by atoms with Gasteiger partial charge in [-0.05, 0) is 38.2 Å². The van der Waals surface area contributed by atoms with E-state index in [4.69, 9.17) is 10.8 Å². The van der Waals surface area contributed by atoms with Gasteiger partial charge in [-0.1, -0.05) is 30.3 Å². The molecule has 2 heterocycles. The van der Waals surface area contributed by atoms with Crippen LogP contribution in [0.5, 0.6) is 0 Å². The zero-order chi connectivity index (χ0) is 18.6. The van der Waals surface area contributed by atoms with E-state index in [1.165, 1.54) is 5.56 Å². The van der Waals surface area contributed by atoms with Crippen molar-refractivity contribution in [3.63, 3.8) is 0 Å². The Morgan fingerprint density at radius 1 is 1.23 bits per heavy atom. The van der Waals surface area contributed by atoms with Crippen LogP contribution in [-0.4, -0.2) is 65.3 Å². The molecule has 0 saturated carbocycles. The first kappa shape index (κ1) is 19.1. The molecule has 6 heteroatoms. The third-order valence-corrected chi connectivity index (χ3v) is 6.24. The fourth-order valence-corrected chi connectivity index (χ4v) is 4.35. The van der Waals surface area contributed by atoms with Crippen molar-refractivity contribution in [2.75, 3.05) is 32.7 Å². The maximum Gasteiger partial charge on any atom is 0.407 e. The molecule has 3 rings (SSSR count). The molecule has 0 aromatic heterocycles. The molecule has 0 bridgehead atoms. The Hall–Kier alpha value is -1.63. The van der Waals surface area contributed by atoms with Crippen molar-refractivity contribution in [2.45, 2.75) is 50.2 Å². The van der Waals surface area contributed by atoms with Gasteiger partial charge in [-0.25, -0.2) is 4.79 Å². The third kappa shape index (κ3) is 4.37. The number of carbonyl (C=O) groups is 1. The van der Waals surface area contributed by atoms with E-state index in [9.17, 15) is 4.79 Å². The number of nitrogens with two attached hydrogens (primary N) is 1. The number of likely N-dealkylation sites (tertiary alicyclic amines) is 2. The molecule has 1 atom stereocenters. The summed E-state index contributed by atoms with van der Waals surface area (Å²) in [5.41, 5.74) is 7.38. The number of carboxylic acid groups (broad SMARTS) is 1.